The van der Waals surface area contributed by atoms with E-state index in [2.05, 4.69) is 6.92 Å². The van der Waals surface area contributed by atoms with Gasteiger partial charge < -0.3 is 19.8 Å². The number of esters is 1. The van der Waals surface area contributed by atoms with Crippen molar-refractivity contribution in [2.75, 3.05) is 20.7 Å². The van der Waals surface area contributed by atoms with Gasteiger partial charge in [0.15, 0.2) is 12.4 Å². The Labute approximate surface area is 207 Å². The molecule has 1 amide bonds. The number of hydrogen-bond acceptors (Lipinski definition) is 7. The van der Waals surface area contributed by atoms with Crippen LogP contribution in [-0.2, 0) is 23.9 Å². The summed E-state index contributed by atoms with van der Waals surface area (Å²) in [6.07, 6.45) is 5.07. The molecule has 0 radical (unpaired) electrons. The quantitative estimate of drug-likeness (QED) is 0.549. The second-order valence-corrected chi connectivity index (χ2v) is 11.8. The van der Waals surface area contributed by atoms with Crippen LogP contribution in [0, 0.1) is 28.6 Å². The summed E-state index contributed by atoms with van der Waals surface area (Å²) in [6.45, 7) is 3.53. The monoisotopic (exact) mass is 489 g/mol. The highest BCUT2D eigenvalue weighted by molar-refractivity contribution is 5.92. The van der Waals surface area contributed by atoms with Gasteiger partial charge in [-0.15, -0.1) is 0 Å². The van der Waals surface area contributed by atoms with E-state index in [0.717, 1.165) is 24.8 Å². The van der Waals surface area contributed by atoms with Crippen LogP contribution in [0.25, 0.3) is 0 Å². The maximum absolute atomic E-state index is 13.2. The first-order chi connectivity index (χ1) is 16.3. The van der Waals surface area contributed by atoms with E-state index in [1.807, 2.05) is 6.92 Å². The number of aliphatic hydroxyl groups is 2. The van der Waals surface area contributed by atoms with Gasteiger partial charge in [-0.25, -0.2) is 0 Å². The summed E-state index contributed by atoms with van der Waals surface area (Å²) in [5, 5.41) is 23.1. The van der Waals surface area contributed by atoms with Crippen LogP contribution in [0.4, 0.5) is 0 Å². The average molecular weight is 490 g/mol. The molecule has 0 saturated heterocycles. The van der Waals surface area contributed by atoms with Crippen LogP contribution < -0.4 is 0 Å². The number of ether oxygens (including phenoxy) is 1. The summed E-state index contributed by atoms with van der Waals surface area (Å²) in [4.78, 5) is 50.5. The molecule has 7 unspecified atom stereocenters. The Morgan fingerprint density at radius 2 is 1.83 bits per heavy atom. The predicted octanol–water partition coefficient (Wildman–Crippen LogP) is 2.20. The molecule has 4 aliphatic carbocycles. The van der Waals surface area contributed by atoms with Crippen molar-refractivity contribution in [2.45, 2.75) is 83.3 Å². The van der Waals surface area contributed by atoms with Gasteiger partial charge in [0, 0.05) is 32.4 Å². The Morgan fingerprint density at radius 1 is 1.11 bits per heavy atom. The molecule has 0 aliphatic heterocycles. The van der Waals surface area contributed by atoms with Gasteiger partial charge >= 0.3 is 5.97 Å². The minimum Gasteiger partial charge on any atom is -0.458 e. The van der Waals surface area contributed by atoms with Crippen molar-refractivity contribution >= 4 is 23.4 Å². The van der Waals surface area contributed by atoms with Crippen molar-refractivity contribution in [3.8, 4) is 0 Å². The SMILES string of the molecule is CN(C)C(=O)CCC(=O)OCC(=O)C1(O)CCC2C3CCC4=CC(=O)CCC4(C)C3C(O)CC21C. The minimum absolute atomic E-state index is 0.000140. The summed E-state index contributed by atoms with van der Waals surface area (Å²) < 4.78 is 5.15. The van der Waals surface area contributed by atoms with Crippen LogP contribution >= 0.6 is 0 Å². The lowest BCUT2D eigenvalue weighted by Gasteiger charge is -2.60. The lowest BCUT2D eigenvalue weighted by Crippen LogP contribution is -2.62. The summed E-state index contributed by atoms with van der Waals surface area (Å²) in [6, 6.07) is 0. The van der Waals surface area contributed by atoms with Gasteiger partial charge in [-0.1, -0.05) is 19.4 Å². The van der Waals surface area contributed by atoms with E-state index in [9.17, 15) is 29.4 Å². The number of amides is 1. The van der Waals surface area contributed by atoms with E-state index in [4.69, 9.17) is 4.74 Å². The van der Waals surface area contributed by atoms with Gasteiger partial charge in [-0.2, -0.15) is 0 Å². The molecule has 8 nitrogen and oxygen atoms in total. The molecule has 4 rings (SSSR count). The molecular formula is C27H39NO7. The van der Waals surface area contributed by atoms with Crippen LogP contribution in [0.5, 0.6) is 0 Å². The van der Waals surface area contributed by atoms with Crippen molar-refractivity contribution in [3.05, 3.63) is 11.6 Å². The topological polar surface area (TPSA) is 121 Å². The molecule has 3 saturated carbocycles. The number of ketones is 2. The zero-order chi connectivity index (χ0) is 25.8. The van der Waals surface area contributed by atoms with Gasteiger partial charge in [0.05, 0.1) is 12.5 Å². The zero-order valence-electron chi connectivity index (χ0n) is 21.3. The van der Waals surface area contributed by atoms with Gasteiger partial charge in [0.2, 0.25) is 11.7 Å². The lowest BCUT2D eigenvalue weighted by atomic mass is 9.45. The fourth-order valence-corrected chi connectivity index (χ4v) is 7.92. The summed E-state index contributed by atoms with van der Waals surface area (Å²) >= 11 is 0. The number of rotatable bonds is 6. The summed E-state index contributed by atoms with van der Waals surface area (Å²) in [7, 11) is 3.20. The standard InChI is InChI=1S/C27H39NO7/c1-25-11-9-17(29)13-16(25)5-6-18-19-10-12-27(34,26(19,2)14-20(30)24(18)25)21(31)15-35-23(33)8-7-22(32)28(3)4/h13,18-20,24,30,34H,5-12,14-15H2,1-4H3. The fraction of sp³-hybridized carbons (Fsp3) is 0.778. The number of carbonyl (C=O) groups is 4. The first kappa shape index (κ1) is 26.0. The summed E-state index contributed by atoms with van der Waals surface area (Å²) in [5.74, 6) is -1.01. The molecule has 0 aromatic heterocycles. The number of allylic oxidation sites excluding steroid dienone is 1. The number of carbonyl (C=O) groups excluding carboxylic acids is 4. The number of hydrogen-bond donors (Lipinski definition) is 2. The first-order valence-electron chi connectivity index (χ1n) is 12.9. The van der Waals surface area contributed by atoms with Crippen molar-refractivity contribution in [1.82, 2.24) is 4.90 Å². The Bertz CT molecular complexity index is 957. The first-order valence-corrected chi connectivity index (χ1v) is 12.9. The Balaban J connectivity index is 1.47. The Kier molecular flexibility index (Phi) is 6.77. The van der Waals surface area contributed by atoms with Crippen LogP contribution in [-0.4, -0.2) is 71.0 Å². The molecule has 7 atom stereocenters. The van der Waals surface area contributed by atoms with Gasteiger partial charge in [0.25, 0.3) is 0 Å². The maximum Gasteiger partial charge on any atom is 0.306 e. The molecule has 194 valence electrons. The summed E-state index contributed by atoms with van der Waals surface area (Å²) in [5.41, 5.74) is -1.59. The van der Waals surface area contributed by atoms with Crippen molar-refractivity contribution in [1.29, 1.82) is 0 Å². The van der Waals surface area contributed by atoms with Crippen molar-refractivity contribution in [3.63, 3.8) is 0 Å². The molecule has 0 spiro atoms. The molecule has 0 heterocycles. The normalized spacial score (nSPS) is 40.2. The third-order valence-corrected chi connectivity index (χ3v) is 9.92. The van der Waals surface area contributed by atoms with Crippen LogP contribution in [0.3, 0.4) is 0 Å². The Morgan fingerprint density at radius 3 is 2.51 bits per heavy atom. The molecular weight excluding hydrogens is 450 g/mol. The van der Waals surface area contributed by atoms with E-state index in [1.54, 1.807) is 20.2 Å². The molecule has 4 aliphatic rings. The molecule has 2 N–H and O–H groups in total. The van der Waals surface area contributed by atoms with Gasteiger partial charge in [-0.3, -0.25) is 19.2 Å². The largest absolute Gasteiger partial charge is 0.458 e. The molecule has 3 fully saturated rings. The van der Waals surface area contributed by atoms with E-state index in [-0.39, 0.29) is 54.1 Å². The number of Topliss-reactive ketones (excluding diaryl/α,β-unsaturated/α-hetero) is 1. The number of fused-ring (bicyclic) bond motifs is 5. The van der Waals surface area contributed by atoms with E-state index in [1.165, 1.54) is 4.90 Å². The molecule has 0 aromatic rings. The maximum atomic E-state index is 13.2. The molecule has 35 heavy (non-hydrogen) atoms. The highest BCUT2D eigenvalue weighted by Crippen LogP contribution is 2.67. The number of aliphatic hydroxyl groups excluding tert-OH is 1. The zero-order valence-corrected chi connectivity index (χ0v) is 21.3. The predicted molar refractivity (Wildman–Crippen MR) is 127 cm³/mol. The molecule has 0 bridgehead atoms. The van der Waals surface area contributed by atoms with Crippen LogP contribution in [0.15, 0.2) is 11.6 Å². The van der Waals surface area contributed by atoms with Gasteiger partial charge in [-0.05, 0) is 67.8 Å². The smallest absolute Gasteiger partial charge is 0.306 e. The van der Waals surface area contributed by atoms with E-state index in [0.29, 0.717) is 19.3 Å². The highest BCUT2D eigenvalue weighted by atomic mass is 16.5. The van der Waals surface area contributed by atoms with E-state index >= 15 is 0 Å². The number of nitrogens with zero attached hydrogens (tertiary/aromatic N) is 1. The third kappa shape index (κ3) is 4.16. The second kappa shape index (κ2) is 9.11. The lowest BCUT2D eigenvalue weighted by molar-refractivity contribution is -0.184. The van der Waals surface area contributed by atoms with E-state index < -0.39 is 35.5 Å². The van der Waals surface area contributed by atoms with Gasteiger partial charge in [0.1, 0.15) is 5.60 Å². The Hall–Kier alpha value is -2.06. The average Bonchev–Trinajstić information content (AvgIpc) is 3.07. The van der Waals surface area contributed by atoms with Crippen molar-refractivity contribution in [2.24, 2.45) is 28.6 Å². The highest BCUT2D eigenvalue weighted by Gasteiger charge is 2.68. The molecule has 8 heteroatoms. The van der Waals surface area contributed by atoms with Crippen LogP contribution in [0.1, 0.15) is 71.6 Å². The second-order valence-electron chi connectivity index (χ2n) is 11.8. The third-order valence-electron chi connectivity index (χ3n) is 9.92. The minimum atomic E-state index is -1.68. The van der Waals surface area contributed by atoms with Crippen LogP contribution in [0.2, 0.25) is 0 Å². The molecule has 0 aromatic carbocycles. The fourth-order valence-electron chi connectivity index (χ4n) is 7.92. The van der Waals surface area contributed by atoms with Crippen molar-refractivity contribution < 1.29 is 34.1 Å².